The molecule has 1 aromatic heterocycles. The summed E-state index contributed by atoms with van der Waals surface area (Å²) in [7, 11) is 0. The van der Waals surface area contributed by atoms with Crippen molar-refractivity contribution in [3.05, 3.63) is 31.1 Å². The lowest BCUT2D eigenvalue weighted by Crippen LogP contribution is -1.85. The van der Waals surface area contributed by atoms with Gasteiger partial charge in [0.05, 0.1) is 11.8 Å². The number of Topliss-reactive ketones (excluding diaryl/α,β-unsaturated/α-hetero) is 1. The summed E-state index contributed by atoms with van der Waals surface area (Å²) in [5, 5.41) is 0. The van der Waals surface area contributed by atoms with Crippen LogP contribution >= 0.6 is 0 Å². The first-order valence-corrected chi connectivity index (χ1v) is 2.12. The van der Waals surface area contributed by atoms with Crippen molar-refractivity contribution < 1.29 is 9.21 Å². The first kappa shape index (κ1) is 5.09. The summed E-state index contributed by atoms with van der Waals surface area (Å²) in [5.74, 6) is -0.459. The molecular formula is C6H4O2. The smallest absolute Gasteiger partial charge is 0.170 e. The van der Waals surface area contributed by atoms with Crippen molar-refractivity contribution in [1.29, 1.82) is 0 Å². The molecule has 0 aromatic carbocycles. The van der Waals surface area contributed by atoms with Gasteiger partial charge in [-0.05, 0) is 6.07 Å². The largest absolute Gasteiger partial charge is 0.472 e. The summed E-state index contributed by atoms with van der Waals surface area (Å²) in [6.07, 6.45) is 2.71. The van der Waals surface area contributed by atoms with Gasteiger partial charge in [-0.1, -0.05) is 0 Å². The molecule has 0 aliphatic carbocycles. The molecule has 0 N–H and O–H groups in total. The molecule has 1 heterocycles. The predicted octanol–water partition coefficient (Wildman–Crippen LogP) is 1.17. The van der Waals surface area contributed by atoms with E-state index < -0.39 is 5.78 Å². The third kappa shape index (κ3) is 0.780. The molecule has 0 atom stereocenters. The fraction of sp³-hybridized carbons (Fsp3) is 0. The fourth-order valence-corrected chi connectivity index (χ4v) is 0.405. The number of carbonyl (C=O) groups excluding carboxylic acids is 1. The minimum atomic E-state index is -0.459. The second-order valence-electron chi connectivity index (χ2n) is 1.38. The van der Waals surface area contributed by atoms with Crippen molar-refractivity contribution in [1.82, 2.24) is 0 Å². The van der Waals surface area contributed by atoms with Gasteiger partial charge in [0.2, 0.25) is 0 Å². The lowest BCUT2D eigenvalue weighted by atomic mass is 10.2. The molecule has 0 unspecified atom stereocenters. The Morgan fingerprint density at radius 3 is 2.75 bits per heavy atom. The molecule has 0 aliphatic heterocycles. The first-order chi connectivity index (χ1) is 3.80. The number of furan rings is 1. The predicted molar refractivity (Wildman–Crippen MR) is 27.3 cm³/mol. The molecule has 0 bridgehead atoms. The van der Waals surface area contributed by atoms with Gasteiger partial charge in [0.25, 0.3) is 0 Å². The van der Waals surface area contributed by atoms with Crippen LogP contribution in [0.2, 0.25) is 0 Å². The Morgan fingerprint density at radius 1 is 1.75 bits per heavy atom. The third-order valence-electron chi connectivity index (χ3n) is 0.806. The molecule has 0 fully saturated rings. The van der Waals surface area contributed by atoms with E-state index in [0.29, 0.717) is 5.56 Å². The minimum absolute atomic E-state index is 0.407. The SMILES string of the molecule is [CH]C(=O)c1ccoc1. The van der Waals surface area contributed by atoms with Crippen molar-refractivity contribution in [2.45, 2.75) is 0 Å². The number of hydrogen-bond acceptors (Lipinski definition) is 2. The second-order valence-corrected chi connectivity index (χ2v) is 1.38. The summed E-state index contributed by atoms with van der Waals surface area (Å²) >= 11 is 0. The normalized spacial score (nSPS) is 9.12. The molecule has 0 spiro atoms. The Bertz CT molecular complexity index is 174. The van der Waals surface area contributed by atoms with Crippen LogP contribution in [0.5, 0.6) is 0 Å². The zero-order valence-corrected chi connectivity index (χ0v) is 4.13. The lowest BCUT2D eigenvalue weighted by molar-refractivity contribution is 0.104. The maximum absolute atomic E-state index is 10.2. The molecule has 1 aromatic rings. The highest BCUT2D eigenvalue weighted by atomic mass is 16.3. The van der Waals surface area contributed by atoms with Gasteiger partial charge in [-0.15, -0.1) is 0 Å². The van der Waals surface area contributed by atoms with E-state index in [-0.39, 0.29) is 0 Å². The number of carbonyl (C=O) groups is 1. The molecule has 8 heavy (non-hydrogen) atoms. The molecular weight excluding hydrogens is 104 g/mol. The zero-order chi connectivity index (χ0) is 5.98. The van der Waals surface area contributed by atoms with E-state index in [4.69, 9.17) is 6.92 Å². The Labute approximate surface area is 47.1 Å². The van der Waals surface area contributed by atoms with Crippen LogP contribution in [0.15, 0.2) is 23.0 Å². The van der Waals surface area contributed by atoms with Crippen LogP contribution in [0.25, 0.3) is 0 Å². The van der Waals surface area contributed by atoms with Gasteiger partial charge in [0, 0.05) is 6.92 Å². The zero-order valence-electron chi connectivity index (χ0n) is 4.13. The van der Waals surface area contributed by atoms with Gasteiger partial charge in [0.15, 0.2) is 5.78 Å². The first-order valence-electron chi connectivity index (χ1n) is 2.12. The van der Waals surface area contributed by atoms with Crippen molar-refractivity contribution in [2.24, 2.45) is 0 Å². The summed E-state index contributed by atoms with van der Waals surface area (Å²) in [5.41, 5.74) is 0.407. The summed E-state index contributed by atoms with van der Waals surface area (Å²) < 4.78 is 4.57. The van der Waals surface area contributed by atoms with Gasteiger partial charge in [0.1, 0.15) is 6.26 Å². The maximum atomic E-state index is 10.2. The minimum Gasteiger partial charge on any atom is -0.472 e. The van der Waals surface area contributed by atoms with E-state index in [2.05, 4.69) is 4.42 Å². The number of ketones is 1. The summed E-state index contributed by atoms with van der Waals surface area (Å²) in [6, 6.07) is 1.52. The quantitative estimate of drug-likeness (QED) is 0.505. The van der Waals surface area contributed by atoms with Crippen molar-refractivity contribution in [3.8, 4) is 0 Å². The Morgan fingerprint density at radius 2 is 2.50 bits per heavy atom. The Hall–Kier alpha value is -1.05. The van der Waals surface area contributed by atoms with Crippen LogP contribution in [0.1, 0.15) is 10.4 Å². The Balaban J connectivity index is 2.93. The average Bonchev–Trinajstić information content (AvgIpc) is 2.12. The monoisotopic (exact) mass is 108 g/mol. The van der Waals surface area contributed by atoms with E-state index in [1.165, 1.54) is 18.6 Å². The molecule has 0 aliphatic rings. The van der Waals surface area contributed by atoms with Crippen molar-refractivity contribution >= 4 is 5.78 Å². The van der Waals surface area contributed by atoms with Crippen LogP contribution in [0.4, 0.5) is 0 Å². The molecule has 1 rings (SSSR count). The van der Waals surface area contributed by atoms with E-state index in [1.54, 1.807) is 0 Å². The maximum Gasteiger partial charge on any atom is 0.170 e. The van der Waals surface area contributed by atoms with E-state index >= 15 is 0 Å². The highest BCUT2D eigenvalue weighted by Crippen LogP contribution is 1.98. The standard InChI is InChI=1S/C6H4O2/c1-5(7)6-2-3-8-4-6/h1-4H. The van der Waals surface area contributed by atoms with Crippen LogP contribution in [-0.2, 0) is 0 Å². The second kappa shape index (κ2) is 1.82. The Kier molecular flexibility index (Phi) is 1.16. The molecule has 0 saturated heterocycles. The summed E-state index contributed by atoms with van der Waals surface area (Å²) in [4.78, 5) is 10.2. The van der Waals surface area contributed by atoms with Crippen molar-refractivity contribution in [2.75, 3.05) is 0 Å². The van der Waals surface area contributed by atoms with Gasteiger partial charge in [-0.25, -0.2) is 0 Å². The van der Waals surface area contributed by atoms with Crippen LogP contribution in [-0.4, -0.2) is 5.78 Å². The molecule has 2 radical (unpaired) electrons. The lowest BCUT2D eigenvalue weighted by Gasteiger charge is -1.77. The highest BCUT2D eigenvalue weighted by Gasteiger charge is 1.96. The van der Waals surface area contributed by atoms with E-state index in [1.807, 2.05) is 0 Å². The van der Waals surface area contributed by atoms with Crippen molar-refractivity contribution in [3.63, 3.8) is 0 Å². The van der Waals surface area contributed by atoms with Crippen LogP contribution in [0.3, 0.4) is 0 Å². The highest BCUT2D eigenvalue weighted by molar-refractivity contribution is 5.98. The number of rotatable bonds is 1. The average molecular weight is 108 g/mol. The molecule has 0 saturated carbocycles. The summed E-state index contributed by atoms with van der Waals surface area (Å²) in [6.45, 7) is 4.86. The molecule has 40 valence electrons. The third-order valence-corrected chi connectivity index (χ3v) is 0.806. The van der Waals surface area contributed by atoms with Crippen LogP contribution in [0, 0.1) is 6.92 Å². The van der Waals surface area contributed by atoms with Gasteiger partial charge in [-0.3, -0.25) is 4.79 Å². The van der Waals surface area contributed by atoms with Gasteiger partial charge < -0.3 is 4.42 Å². The number of hydrogen-bond donors (Lipinski definition) is 0. The van der Waals surface area contributed by atoms with Gasteiger partial charge >= 0.3 is 0 Å². The van der Waals surface area contributed by atoms with Crippen LogP contribution < -0.4 is 0 Å². The van der Waals surface area contributed by atoms with E-state index in [9.17, 15) is 4.79 Å². The molecule has 2 heteroatoms. The topological polar surface area (TPSA) is 30.2 Å². The molecule has 0 amide bonds. The van der Waals surface area contributed by atoms with E-state index in [0.717, 1.165) is 0 Å². The fourth-order valence-electron chi connectivity index (χ4n) is 0.405. The molecule has 2 nitrogen and oxygen atoms in total. The van der Waals surface area contributed by atoms with Gasteiger partial charge in [-0.2, -0.15) is 0 Å².